The third-order valence-corrected chi connectivity index (χ3v) is 5.46. The minimum Gasteiger partial charge on any atom is -0.507 e. The summed E-state index contributed by atoms with van der Waals surface area (Å²) in [6.07, 6.45) is 5.97. The van der Waals surface area contributed by atoms with E-state index in [0.717, 1.165) is 24.9 Å². The summed E-state index contributed by atoms with van der Waals surface area (Å²) in [6, 6.07) is 9.83. The minimum absolute atomic E-state index is 0.103. The zero-order chi connectivity index (χ0) is 23.1. The van der Waals surface area contributed by atoms with E-state index in [0.29, 0.717) is 30.9 Å². The van der Waals surface area contributed by atoms with Crippen LogP contribution in [0.1, 0.15) is 43.4 Å². The van der Waals surface area contributed by atoms with E-state index in [2.05, 4.69) is 11.9 Å². The van der Waals surface area contributed by atoms with E-state index in [-0.39, 0.29) is 11.3 Å². The fourth-order valence-electron chi connectivity index (χ4n) is 3.76. The molecule has 3 rings (SSSR count). The van der Waals surface area contributed by atoms with E-state index in [9.17, 15) is 14.7 Å². The van der Waals surface area contributed by atoms with E-state index >= 15 is 0 Å². The SMILES string of the molecule is CCCCOc1ccc(C(O)=C2C(=O)C(=O)N(CCCN(C)C)[C@@H]2c2ccncc2)cc1. The molecule has 1 N–H and O–H groups in total. The number of aliphatic hydroxyl groups is 1. The topological polar surface area (TPSA) is 83.0 Å². The molecule has 1 saturated heterocycles. The lowest BCUT2D eigenvalue weighted by molar-refractivity contribution is -0.139. The number of hydrogen-bond donors (Lipinski definition) is 1. The van der Waals surface area contributed by atoms with E-state index in [4.69, 9.17) is 4.74 Å². The van der Waals surface area contributed by atoms with Gasteiger partial charge in [-0.25, -0.2) is 0 Å². The van der Waals surface area contributed by atoms with Crippen molar-refractivity contribution in [3.8, 4) is 5.75 Å². The maximum atomic E-state index is 13.0. The highest BCUT2D eigenvalue weighted by molar-refractivity contribution is 6.46. The second-order valence-electron chi connectivity index (χ2n) is 8.16. The number of aliphatic hydroxyl groups excluding tert-OH is 1. The molecule has 0 saturated carbocycles. The molecule has 0 radical (unpaired) electrons. The van der Waals surface area contributed by atoms with Crippen LogP contribution in [0.2, 0.25) is 0 Å². The van der Waals surface area contributed by atoms with Crippen molar-refractivity contribution >= 4 is 17.4 Å². The van der Waals surface area contributed by atoms with Gasteiger partial charge in [-0.15, -0.1) is 0 Å². The van der Waals surface area contributed by atoms with Crippen molar-refractivity contribution in [3.05, 3.63) is 65.5 Å². The predicted octanol–water partition coefficient (Wildman–Crippen LogP) is 3.63. The van der Waals surface area contributed by atoms with Gasteiger partial charge in [-0.1, -0.05) is 13.3 Å². The van der Waals surface area contributed by atoms with Gasteiger partial charge in [-0.05, 0) is 75.4 Å². The quantitative estimate of drug-likeness (QED) is 0.265. The molecule has 1 aliphatic heterocycles. The van der Waals surface area contributed by atoms with Crippen LogP contribution in [0.5, 0.6) is 5.75 Å². The van der Waals surface area contributed by atoms with Crippen LogP contribution in [0.25, 0.3) is 5.76 Å². The van der Waals surface area contributed by atoms with Crippen molar-refractivity contribution in [2.45, 2.75) is 32.2 Å². The third-order valence-electron chi connectivity index (χ3n) is 5.46. The van der Waals surface area contributed by atoms with Crippen molar-refractivity contribution in [2.24, 2.45) is 0 Å². The maximum absolute atomic E-state index is 13.0. The number of ketones is 1. The molecule has 1 amide bonds. The Bertz CT molecular complexity index is 955. The summed E-state index contributed by atoms with van der Waals surface area (Å²) in [5.74, 6) is -0.741. The van der Waals surface area contributed by atoms with Crippen LogP contribution in [0.4, 0.5) is 0 Å². The largest absolute Gasteiger partial charge is 0.507 e. The van der Waals surface area contributed by atoms with E-state index in [1.807, 2.05) is 19.0 Å². The van der Waals surface area contributed by atoms with Gasteiger partial charge in [0.05, 0.1) is 18.2 Å². The maximum Gasteiger partial charge on any atom is 0.295 e. The fourth-order valence-corrected chi connectivity index (χ4v) is 3.76. The molecular formula is C25H31N3O4. The predicted molar refractivity (Wildman–Crippen MR) is 123 cm³/mol. The van der Waals surface area contributed by atoms with E-state index in [1.54, 1.807) is 53.7 Å². The summed E-state index contributed by atoms with van der Waals surface area (Å²) in [5.41, 5.74) is 1.31. The van der Waals surface area contributed by atoms with Crippen molar-refractivity contribution in [1.82, 2.24) is 14.8 Å². The van der Waals surface area contributed by atoms with Crippen LogP contribution in [0.3, 0.4) is 0 Å². The summed E-state index contributed by atoms with van der Waals surface area (Å²) < 4.78 is 5.68. The molecule has 0 aliphatic carbocycles. The van der Waals surface area contributed by atoms with Crippen LogP contribution in [0.15, 0.2) is 54.4 Å². The van der Waals surface area contributed by atoms with Crippen LogP contribution in [-0.2, 0) is 9.59 Å². The first-order chi connectivity index (χ1) is 15.4. The van der Waals surface area contributed by atoms with E-state index < -0.39 is 17.7 Å². The van der Waals surface area contributed by atoms with Gasteiger partial charge in [0.15, 0.2) is 0 Å². The van der Waals surface area contributed by atoms with Gasteiger partial charge < -0.3 is 19.6 Å². The van der Waals surface area contributed by atoms with Crippen LogP contribution in [0, 0.1) is 0 Å². The molecular weight excluding hydrogens is 406 g/mol. The Labute approximate surface area is 189 Å². The molecule has 1 aromatic heterocycles. The third kappa shape index (κ3) is 5.34. The number of hydrogen-bond acceptors (Lipinski definition) is 6. The Morgan fingerprint density at radius 3 is 2.41 bits per heavy atom. The number of ether oxygens (including phenoxy) is 1. The number of nitrogens with zero attached hydrogens (tertiary/aromatic N) is 3. The number of carbonyl (C=O) groups excluding carboxylic acids is 2. The summed E-state index contributed by atoms with van der Waals surface area (Å²) in [5, 5.41) is 11.1. The Hall–Kier alpha value is -3.19. The molecule has 0 spiro atoms. The smallest absolute Gasteiger partial charge is 0.295 e. The number of pyridine rings is 1. The number of Topliss-reactive ketones (excluding diaryl/α,β-unsaturated/α-hetero) is 1. The van der Waals surface area contributed by atoms with Crippen LogP contribution < -0.4 is 4.74 Å². The monoisotopic (exact) mass is 437 g/mol. The molecule has 1 atom stereocenters. The summed E-state index contributed by atoms with van der Waals surface area (Å²) in [6.45, 7) is 3.92. The first-order valence-corrected chi connectivity index (χ1v) is 11.0. The molecule has 7 nitrogen and oxygen atoms in total. The molecule has 1 aromatic carbocycles. The molecule has 2 aromatic rings. The van der Waals surface area contributed by atoms with Crippen molar-refractivity contribution in [1.29, 1.82) is 0 Å². The Morgan fingerprint density at radius 2 is 1.78 bits per heavy atom. The molecule has 7 heteroatoms. The van der Waals surface area contributed by atoms with Crippen LogP contribution in [-0.4, -0.2) is 65.4 Å². The Kier molecular flexibility index (Phi) is 8.00. The van der Waals surface area contributed by atoms with Gasteiger partial charge in [0.2, 0.25) is 0 Å². The number of unbranched alkanes of at least 4 members (excludes halogenated alkanes) is 1. The number of likely N-dealkylation sites (tertiary alicyclic amines) is 1. The molecule has 2 heterocycles. The van der Waals surface area contributed by atoms with Crippen molar-refractivity contribution in [2.75, 3.05) is 33.8 Å². The Balaban J connectivity index is 1.95. The lowest BCUT2D eigenvalue weighted by atomic mass is 9.96. The lowest BCUT2D eigenvalue weighted by Gasteiger charge is -2.25. The number of amides is 1. The number of aromatic nitrogens is 1. The lowest BCUT2D eigenvalue weighted by Crippen LogP contribution is -2.32. The first-order valence-electron chi connectivity index (χ1n) is 11.0. The molecule has 170 valence electrons. The number of carbonyl (C=O) groups is 2. The molecule has 1 fully saturated rings. The normalized spacial score (nSPS) is 17.9. The zero-order valence-electron chi connectivity index (χ0n) is 19.0. The second-order valence-corrected chi connectivity index (χ2v) is 8.16. The summed E-state index contributed by atoms with van der Waals surface area (Å²) >= 11 is 0. The molecule has 32 heavy (non-hydrogen) atoms. The Morgan fingerprint density at radius 1 is 1.09 bits per heavy atom. The molecule has 0 bridgehead atoms. The van der Waals surface area contributed by atoms with Gasteiger partial charge in [0.25, 0.3) is 11.7 Å². The van der Waals surface area contributed by atoms with Gasteiger partial charge in [-0.2, -0.15) is 0 Å². The van der Waals surface area contributed by atoms with Gasteiger partial charge in [-0.3, -0.25) is 14.6 Å². The van der Waals surface area contributed by atoms with Gasteiger partial charge in [0, 0.05) is 24.5 Å². The van der Waals surface area contributed by atoms with E-state index in [1.165, 1.54) is 0 Å². The van der Waals surface area contributed by atoms with Crippen LogP contribution >= 0.6 is 0 Å². The summed E-state index contributed by atoms with van der Waals surface area (Å²) in [4.78, 5) is 33.5. The number of benzene rings is 1. The average molecular weight is 438 g/mol. The van der Waals surface area contributed by atoms with Crippen molar-refractivity contribution in [3.63, 3.8) is 0 Å². The second kappa shape index (κ2) is 10.9. The first kappa shape index (κ1) is 23.5. The molecule has 0 unspecified atom stereocenters. The van der Waals surface area contributed by atoms with Crippen molar-refractivity contribution < 1.29 is 19.4 Å². The van der Waals surface area contributed by atoms with Gasteiger partial charge in [0.1, 0.15) is 11.5 Å². The highest BCUT2D eigenvalue weighted by atomic mass is 16.5. The zero-order valence-corrected chi connectivity index (χ0v) is 19.0. The summed E-state index contributed by atoms with van der Waals surface area (Å²) in [7, 11) is 3.92. The highest BCUT2D eigenvalue weighted by Gasteiger charge is 2.45. The average Bonchev–Trinajstić information content (AvgIpc) is 3.04. The van der Waals surface area contributed by atoms with Gasteiger partial charge >= 0.3 is 0 Å². The number of rotatable bonds is 10. The standard InChI is InChI=1S/C25H31N3O4/c1-4-5-17-32-20-9-7-19(8-10-20)23(29)21-22(18-11-13-26-14-12-18)28(25(31)24(21)30)16-6-15-27(2)3/h7-14,22,29H,4-6,15-17H2,1-3H3/t22-/m1/s1. The fraction of sp³-hybridized carbons (Fsp3) is 0.400. The minimum atomic E-state index is -0.669. The highest BCUT2D eigenvalue weighted by Crippen LogP contribution is 2.39. The molecule has 1 aliphatic rings.